The number of carboxylic acid groups (broad SMARTS) is 1. The SMILES string of the molecule is O=C(O)c1scc(-c2ccc(Br)cc2)c1-c1ccc(Br)cc1. The molecule has 0 amide bonds. The van der Waals surface area contributed by atoms with Gasteiger partial charge in [0.25, 0.3) is 0 Å². The number of hydrogen-bond donors (Lipinski definition) is 1. The predicted octanol–water partition coefficient (Wildman–Crippen LogP) is 6.31. The summed E-state index contributed by atoms with van der Waals surface area (Å²) in [4.78, 5) is 11.9. The van der Waals surface area contributed by atoms with Gasteiger partial charge in [0, 0.05) is 25.5 Å². The summed E-state index contributed by atoms with van der Waals surface area (Å²) in [5.41, 5.74) is 3.62. The molecule has 3 aromatic rings. The highest BCUT2D eigenvalue weighted by Gasteiger charge is 2.19. The molecule has 0 unspecified atom stereocenters. The number of aromatic carboxylic acids is 1. The molecule has 0 saturated carbocycles. The first-order valence-corrected chi connectivity index (χ1v) is 8.89. The number of thiophene rings is 1. The lowest BCUT2D eigenvalue weighted by Gasteiger charge is -2.07. The summed E-state index contributed by atoms with van der Waals surface area (Å²) < 4.78 is 1.96. The minimum Gasteiger partial charge on any atom is -0.477 e. The normalized spacial score (nSPS) is 10.6. The van der Waals surface area contributed by atoms with Crippen LogP contribution in [0.1, 0.15) is 9.67 Å². The molecule has 0 radical (unpaired) electrons. The van der Waals surface area contributed by atoms with E-state index in [1.807, 2.05) is 53.9 Å². The first-order valence-electron chi connectivity index (χ1n) is 6.43. The number of carbonyl (C=O) groups is 1. The summed E-state index contributed by atoms with van der Waals surface area (Å²) in [5, 5.41) is 11.4. The van der Waals surface area contributed by atoms with Crippen molar-refractivity contribution in [3.8, 4) is 22.3 Å². The van der Waals surface area contributed by atoms with Crippen molar-refractivity contribution < 1.29 is 9.90 Å². The van der Waals surface area contributed by atoms with Crippen LogP contribution in [0.4, 0.5) is 0 Å². The first kappa shape index (κ1) is 15.5. The van der Waals surface area contributed by atoms with Gasteiger partial charge in [-0.25, -0.2) is 4.79 Å². The van der Waals surface area contributed by atoms with Crippen molar-refractivity contribution in [3.63, 3.8) is 0 Å². The van der Waals surface area contributed by atoms with Crippen LogP contribution in [0.15, 0.2) is 62.9 Å². The van der Waals surface area contributed by atoms with E-state index in [-0.39, 0.29) is 0 Å². The number of halogens is 2. The summed E-state index contributed by atoms with van der Waals surface area (Å²) in [7, 11) is 0. The summed E-state index contributed by atoms with van der Waals surface area (Å²) >= 11 is 8.09. The molecule has 0 fully saturated rings. The van der Waals surface area contributed by atoms with Crippen molar-refractivity contribution in [1.82, 2.24) is 0 Å². The average Bonchev–Trinajstić information content (AvgIpc) is 2.94. The van der Waals surface area contributed by atoms with Gasteiger partial charge >= 0.3 is 5.97 Å². The van der Waals surface area contributed by atoms with Crippen molar-refractivity contribution in [2.24, 2.45) is 0 Å². The lowest BCUT2D eigenvalue weighted by molar-refractivity contribution is 0.0703. The van der Waals surface area contributed by atoms with Crippen LogP contribution in [0.5, 0.6) is 0 Å². The van der Waals surface area contributed by atoms with Crippen LogP contribution in [-0.2, 0) is 0 Å². The van der Waals surface area contributed by atoms with Crippen LogP contribution in [0.25, 0.3) is 22.3 Å². The highest BCUT2D eigenvalue weighted by Crippen LogP contribution is 2.40. The van der Waals surface area contributed by atoms with Crippen molar-refractivity contribution in [2.45, 2.75) is 0 Å². The van der Waals surface area contributed by atoms with E-state index < -0.39 is 5.97 Å². The van der Waals surface area contributed by atoms with E-state index in [1.165, 1.54) is 11.3 Å². The minimum atomic E-state index is -0.897. The Kier molecular flexibility index (Phi) is 4.47. The molecule has 0 aliphatic rings. The molecule has 1 N–H and O–H groups in total. The fourth-order valence-corrected chi connectivity index (χ4v) is 3.73. The molecule has 0 atom stereocenters. The molecule has 0 spiro atoms. The van der Waals surface area contributed by atoms with Crippen LogP contribution < -0.4 is 0 Å². The predicted molar refractivity (Wildman–Crippen MR) is 97.6 cm³/mol. The number of benzene rings is 2. The Labute approximate surface area is 148 Å². The second-order valence-electron chi connectivity index (χ2n) is 4.67. The third-order valence-corrected chi connectivity index (χ3v) is 5.30. The highest BCUT2D eigenvalue weighted by atomic mass is 79.9. The van der Waals surface area contributed by atoms with Crippen LogP contribution in [-0.4, -0.2) is 11.1 Å². The maximum Gasteiger partial charge on any atom is 0.346 e. The monoisotopic (exact) mass is 436 g/mol. The standard InChI is InChI=1S/C17H10Br2O2S/c18-12-5-1-10(2-6-12)14-9-22-16(17(20)21)15(14)11-3-7-13(19)8-4-11/h1-9H,(H,20,21). The summed E-state index contributed by atoms with van der Waals surface area (Å²) in [5.74, 6) is -0.897. The van der Waals surface area contributed by atoms with E-state index in [4.69, 9.17) is 0 Å². The molecule has 0 saturated heterocycles. The molecule has 110 valence electrons. The van der Waals surface area contributed by atoms with Gasteiger partial charge in [-0.15, -0.1) is 11.3 Å². The summed E-state index contributed by atoms with van der Waals surface area (Å²) in [6.45, 7) is 0. The zero-order valence-electron chi connectivity index (χ0n) is 11.2. The third-order valence-electron chi connectivity index (χ3n) is 3.27. The topological polar surface area (TPSA) is 37.3 Å². The molecule has 1 aromatic heterocycles. The van der Waals surface area contributed by atoms with Gasteiger partial charge in [0.1, 0.15) is 4.88 Å². The molecular weight excluding hydrogens is 428 g/mol. The minimum absolute atomic E-state index is 0.361. The van der Waals surface area contributed by atoms with E-state index in [0.717, 1.165) is 31.2 Å². The summed E-state index contributed by atoms with van der Waals surface area (Å²) in [6, 6.07) is 15.6. The van der Waals surface area contributed by atoms with Gasteiger partial charge in [-0.05, 0) is 35.4 Å². The van der Waals surface area contributed by atoms with E-state index in [0.29, 0.717) is 4.88 Å². The fourth-order valence-electron chi connectivity index (χ4n) is 2.26. The molecule has 5 heteroatoms. The average molecular weight is 438 g/mol. The lowest BCUT2D eigenvalue weighted by atomic mass is 9.97. The number of hydrogen-bond acceptors (Lipinski definition) is 2. The second-order valence-corrected chi connectivity index (χ2v) is 7.38. The molecule has 1 heterocycles. The Hall–Kier alpha value is -1.43. The Balaban J connectivity index is 2.21. The molecule has 22 heavy (non-hydrogen) atoms. The molecule has 0 bridgehead atoms. The second kappa shape index (κ2) is 6.36. The Morgan fingerprint density at radius 2 is 1.36 bits per heavy atom. The lowest BCUT2D eigenvalue weighted by Crippen LogP contribution is -1.95. The molecule has 2 aromatic carbocycles. The third kappa shape index (κ3) is 3.02. The van der Waals surface area contributed by atoms with Gasteiger partial charge in [0.05, 0.1) is 0 Å². The smallest absolute Gasteiger partial charge is 0.346 e. The van der Waals surface area contributed by atoms with Crippen molar-refractivity contribution >= 4 is 49.2 Å². The van der Waals surface area contributed by atoms with E-state index >= 15 is 0 Å². The van der Waals surface area contributed by atoms with Crippen LogP contribution in [0.3, 0.4) is 0 Å². The summed E-state index contributed by atoms with van der Waals surface area (Å²) in [6.07, 6.45) is 0. The van der Waals surface area contributed by atoms with Gasteiger partial charge < -0.3 is 5.11 Å². The Morgan fingerprint density at radius 1 is 0.864 bits per heavy atom. The zero-order chi connectivity index (χ0) is 15.7. The van der Waals surface area contributed by atoms with Crippen molar-refractivity contribution in [1.29, 1.82) is 0 Å². The van der Waals surface area contributed by atoms with E-state index in [1.54, 1.807) is 0 Å². The molecule has 0 aliphatic heterocycles. The van der Waals surface area contributed by atoms with Gasteiger partial charge in [-0.3, -0.25) is 0 Å². The molecule has 0 aliphatic carbocycles. The van der Waals surface area contributed by atoms with Crippen LogP contribution >= 0.6 is 43.2 Å². The molecular formula is C17H10Br2O2S. The van der Waals surface area contributed by atoms with Crippen molar-refractivity contribution in [2.75, 3.05) is 0 Å². The largest absolute Gasteiger partial charge is 0.477 e. The maximum absolute atomic E-state index is 11.6. The molecule has 2 nitrogen and oxygen atoms in total. The van der Waals surface area contributed by atoms with E-state index in [9.17, 15) is 9.90 Å². The van der Waals surface area contributed by atoms with Gasteiger partial charge in [-0.1, -0.05) is 56.1 Å². The zero-order valence-corrected chi connectivity index (χ0v) is 15.2. The van der Waals surface area contributed by atoms with Crippen molar-refractivity contribution in [3.05, 3.63) is 67.7 Å². The quantitative estimate of drug-likeness (QED) is 0.521. The van der Waals surface area contributed by atoms with E-state index in [2.05, 4.69) is 31.9 Å². The fraction of sp³-hybridized carbons (Fsp3) is 0. The number of rotatable bonds is 3. The van der Waals surface area contributed by atoms with Crippen LogP contribution in [0, 0.1) is 0 Å². The first-order chi connectivity index (χ1) is 10.6. The maximum atomic E-state index is 11.6. The van der Waals surface area contributed by atoms with Gasteiger partial charge in [0.15, 0.2) is 0 Å². The number of carboxylic acids is 1. The molecule has 3 rings (SSSR count). The Bertz CT molecular complexity index is 821. The Morgan fingerprint density at radius 3 is 1.86 bits per heavy atom. The van der Waals surface area contributed by atoms with Gasteiger partial charge in [0.2, 0.25) is 0 Å². The van der Waals surface area contributed by atoms with Crippen LogP contribution in [0.2, 0.25) is 0 Å². The highest BCUT2D eigenvalue weighted by molar-refractivity contribution is 9.10. The van der Waals surface area contributed by atoms with Gasteiger partial charge in [-0.2, -0.15) is 0 Å².